The summed E-state index contributed by atoms with van der Waals surface area (Å²) in [4.78, 5) is 12.5. The van der Waals surface area contributed by atoms with Gasteiger partial charge in [0.1, 0.15) is 11.3 Å². The molecule has 1 aromatic heterocycles. The number of amides is 1. The van der Waals surface area contributed by atoms with Gasteiger partial charge in [-0.15, -0.1) is 0 Å². The molecule has 1 saturated carbocycles. The van der Waals surface area contributed by atoms with Gasteiger partial charge >= 0.3 is 0 Å². The lowest BCUT2D eigenvalue weighted by molar-refractivity contribution is 0.0933. The van der Waals surface area contributed by atoms with E-state index in [0.29, 0.717) is 29.6 Å². The van der Waals surface area contributed by atoms with Gasteiger partial charge in [0.25, 0.3) is 5.91 Å². The van der Waals surface area contributed by atoms with Gasteiger partial charge in [-0.1, -0.05) is 42.4 Å². The smallest absolute Gasteiger partial charge is 0.257 e. The number of nitrogens with zero attached hydrogens (tertiary/aromatic N) is 1. The van der Waals surface area contributed by atoms with E-state index in [0.717, 1.165) is 12.1 Å². The number of hydrogen-bond donors (Lipinski definition) is 1. The highest BCUT2D eigenvalue weighted by atomic mass is 16.5. The average Bonchev–Trinajstić information content (AvgIpc) is 3.24. The van der Waals surface area contributed by atoms with Crippen molar-refractivity contribution in [3.8, 4) is 0 Å². The highest BCUT2D eigenvalue weighted by Crippen LogP contribution is 2.49. The first-order chi connectivity index (χ1) is 10.6. The third-order valence-corrected chi connectivity index (χ3v) is 4.56. The van der Waals surface area contributed by atoms with Gasteiger partial charge in [-0.2, -0.15) is 0 Å². The zero-order chi connectivity index (χ0) is 15.7. The highest BCUT2D eigenvalue weighted by molar-refractivity contribution is 5.96. The molecule has 0 spiro atoms. The van der Waals surface area contributed by atoms with Crippen LogP contribution in [-0.4, -0.2) is 17.1 Å². The molecule has 0 bridgehead atoms. The molecule has 4 nitrogen and oxygen atoms in total. The van der Waals surface area contributed by atoms with E-state index in [-0.39, 0.29) is 11.9 Å². The molecule has 1 N–H and O–H groups in total. The topological polar surface area (TPSA) is 55.1 Å². The van der Waals surface area contributed by atoms with Crippen LogP contribution in [0.2, 0.25) is 0 Å². The second-order valence-electron chi connectivity index (χ2n) is 6.09. The summed E-state index contributed by atoms with van der Waals surface area (Å²) in [5.41, 5.74) is 2.70. The fourth-order valence-corrected chi connectivity index (χ4v) is 3.19. The normalized spacial score (nSPS) is 21.4. The lowest BCUT2D eigenvalue weighted by Crippen LogP contribution is -2.35. The predicted molar refractivity (Wildman–Crippen MR) is 84.8 cm³/mol. The maximum Gasteiger partial charge on any atom is 0.257 e. The largest absolute Gasteiger partial charge is 0.361 e. The van der Waals surface area contributed by atoms with E-state index in [1.165, 1.54) is 5.56 Å². The van der Waals surface area contributed by atoms with Crippen LogP contribution in [-0.2, 0) is 6.42 Å². The molecule has 1 aliphatic carbocycles. The van der Waals surface area contributed by atoms with E-state index < -0.39 is 0 Å². The van der Waals surface area contributed by atoms with Crippen molar-refractivity contribution in [2.24, 2.45) is 5.92 Å². The van der Waals surface area contributed by atoms with E-state index in [9.17, 15) is 4.79 Å². The lowest BCUT2D eigenvalue weighted by atomic mass is 10.1. The van der Waals surface area contributed by atoms with Crippen molar-refractivity contribution < 1.29 is 9.32 Å². The quantitative estimate of drug-likeness (QED) is 0.919. The van der Waals surface area contributed by atoms with Crippen LogP contribution in [0.25, 0.3) is 0 Å². The summed E-state index contributed by atoms with van der Waals surface area (Å²) in [5, 5.41) is 7.07. The number of hydrogen-bond acceptors (Lipinski definition) is 3. The van der Waals surface area contributed by atoms with Crippen molar-refractivity contribution in [2.75, 3.05) is 0 Å². The second-order valence-corrected chi connectivity index (χ2v) is 6.09. The predicted octanol–water partition coefficient (Wildman–Crippen LogP) is 3.47. The Labute approximate surface area is 130 Å². The van der Waals surface area contributed by atoms with Gasteiger partial charge in [-0.3, -0.25) is 4.79 Å². The zero-order valence-corrected chi connectivity index (χ0v) is 13.3. The Hall–Kier alpha value is -2.10. The third-order valence-electron chi connectivity index (χ3n) is 4.56. The van der Waals surface area contributed by atoms with Crippen LogP contribution in [0.1, 0.15) is 53.6 Å². The monoisotopic (exact) mass is 298 g/mol. The van der Waals surface area contributed by atoms with Crippen LogP contribution in [0.5, 0.6) is 0 Å². The third kappa shape index (κ3) is 2.78. The number of benzene rings is 1. The summed E-state index contributed by atoms with van der Waals surface area (Å²) in [6.45, 7) is 5.85. The molecule has 1 heterocycles. The summed E-state index contributed by atoms with van der Waals surface area (Å²) in [7, 11) is 0. The zero-order valence-electron chi connectivity index (χ0n) is 13.3. The van der Waals surface area contributed by atoms with Crippen molar-refractivity contribution in [3.05, 3.63) is 52.9 Å². The molecule has 0 unspecified atom stereocenters. The van der Waals surface area contributed by atoms with Gasteiger partial charge in [0, 0.05) is 6.04 Å². The molecule has 4 heteroatoms. The van der Waals surface area contributed by atoms with E-state index in [1.54, 1.807) is 6.92 Å². The van der Waals surface area contributed by atoms with Crippen molar-refractivity contribution >= 4 is 5.91 Å². The van der Waals surface area contributed by atoms with Gasteiger partial charge in [0.15, 0.2) is 0 Å². The van der Waals surface area contributed by atoms with Crippen molar-refractivity contribution in [1.82, 2.24) is 10.5 Å². The number of aromatic nitrogens is 1. The van der Waals surface area contributed by atoms with Gasteiger partial charge < -0.3 is 9.84 Å². The fourth-order valence-electron chi connectivity index (χ4n) is 3.19. The van der Waals surface area contributed by atoms with Gasteiger partial charge in [0.05, 0.1) is 5.69 Å². The Morgan fingerprint density at radius 3 is 2.82 bits per heavy atom. The molecule has 1 amide bonds. The van der Waals surface area contributed by atoms with E-state index in [1.807, 2.05) is 13.0 Å². The van der Waals surface area contributed by atoms with E-state index >= 15 is 0 Å². The van der Waals surface area contributed by atoms with E-state index in [4.69, 9.17) is 4.52 Å². The highest BCUT2D eigenvalue weighted by Gasteiger charge is 2.42. The Morgan fingerprint density at radius 1 is 1.41 bits per heavy atom. The number of aryl methyl sites for hydroxylation is 2. The maximum atomic E-state index is 12.5. The standard InChI is InChI=1S/C18H22N2O2/c1-4-16-17(12(3)22-20-16)18(21)19-11(2)14-10-15(14)13-8-6-5-7-9-13/h5-9,11,14-15H,4,10H2,1-3H3,(H,19,21)/t11-,14+,15+/m1/s1. The van der Waals surface area contributed by atoms with Crippen LogP contribution in [0.3, 0.4) is 0 Å². The summed E-state index contributed by atoms with van der Waals surface area (Å²) in [5.74, 6) is 1.60. The fraction of sp³-hybridized carbons (Fsp3) is 0.444. The first kappa shape index (κ1) is 14.8. The minimum atomic E-state index is -0.0678. The number of rotatable bonds is 5. The number of nitrogens with one attached hydrogen (secondary N) is 1. The molecule has 0 aliphatic heterocycles. The van der Waals surface area contributed by atoms with Crippen molar-refractivity contribution in [1.29, 1.82) is 0 Å². The molecule has 0 saturated heterocycles. The molecule has 0 radical (unpaired) electrons. The molecule has 1 aliphatic rings. The van der Waals surface area contributed by atoms with Crippen molar-refractivity contribution in [2.45, 2.75) is 45.6 Å². The molecular weight excluding hydrogens is 276 g/mol. The summed E-state index contributed by atoms with van der Waals surface area (Å²) in [6.07, 6.45) is 1.83. The Morgan fingerprint density at radius 2 is 2.14 bits per heavy atom. The Bertz CT molecular complexity index is 663. The Balaban J connectivity index is 1.64. The van der Waals surface area contributed by atoms with Crippen LogP contribution in [0.4, 0.5) is 0 Å². The summed E-state index contributed by atoms with van der Waals surface area (Å²) >= 11 is 0. The molecule has 3 rings (SSSR count). The second kappa shape index (κ2) is 5.95. The van der Waals surface area contributed by atoms with Crippen LogP contribution in [0.15, 0.2) is 34.9 Å². The summed E-state index contributed by atoms with van der Waals surface area (Å²) < 4.78 is 5.14. The summed E-state index contributed by atoms with van der Waals surface area (Å²) in [6, 6.07) is 10.7. The minimum absolute atomic E-state index is 0.0678. The van der Waals surface area contributed by atoms with Crippen molar-refractivity contribution in [3.63, 3.8) is 0 Å². The molecular formula is C18H22N2O2. The molecule has 116 valence electrons. The lowest BCUT2D eigenvalue weighted by Gasteiger charge is -2.14. The molecule has 3 atom stereocenters. The minimum Gasteiger partial charge on any atom is -0.361 e. The average molecular weight is 298 g/mol. The van der Waals surface area contributed by atoms with Gasteiger partial charge in [-0.25, -0.2) is 0 Å². The molecule has 2 aromatic rings. The van der Waals surface area contributed by atoms with Gasteiger partial charge in [-0.05, 0) is 44.1 Å². The molecule has 22 heavy (non-hydrogen) atoms. The maximum absolute atomic E-state index is 12.5. The van der Waals surface area contributed by atoms with E-state index in [2.05, 4.69) is 41.7 Å². The first-order valence-corrected chi connectivity index (χ1v) is 7.92. The van der Waals surface area contributed by atoms with Gasteiger partial charge in [0.2, 0.25) is 0 Å². The first-order valence-electron chi connectivity index (χ1n) is 7.92. The molecule has 1 aromatic carbocycles. The number of carbonyl (C=O) groups is 1. The Kier molecular flexibility index (Phi) is 4.01. The SMILES string of the molecule is CCc1noc(C)c1C(=O)N[C@H](C)[C@@H]1C[C@H]1c1ccccc1. The number of carbonyl (C=O) groups excluding carboxylic acids is 1. The molecule has 1 fully saturated rings. The van der Waals surface area contributed by atoms with Crippen LogP contribution >= 0.6 is 0 Å². The van der Waals surface area contributed by atoms with Crippen LogP contribution < -0.4 is 5.32 Å². The van der Waals surface area contributed by atoms with Crippen LogP contribution in [0, 0.1) is 12.8 Å².